The Labute approximate surface area is 120 Å². The summed E-state index contributed by atoms with van der Waals surface area (Å²) in [5.74, 6) is 0.106. The highest BCUT2D eigenvalue weighted by Gasteiger charge is 2.25. The molecule has 1 rings (SSSR count). The van der Waals surface area contributed by atoms with Crippen LogP contribution >= 0.6 is 12.2 Å². The average molecular weight is 278 g/mol. The third kappa shape index (κ3) is 5.39. The van der Waals surface area contributed by atoms with Crippen LogP contribution in [0.25, 0.3) is 0 Å². The van der Waals surface area contributed by atoms with Crippen LogP contribution in [0, 0.1) is 0 Å². The summed E-state index contributed by atoms with van der Waals surface area (Å²) in [6.07, 6.45) is 0.975. The van der Waals surface area contributed by atoms with Gasteiger partial charge in [-0.05, 0) is 26.3 Å². The molecular formula is C15H22N2OS. The van der Waals surface area contributed by atoms with Crippen LogP contribution in [-0.4, -0.2) is 27.9 Å². The van der Waals surface area contributed by atoms with Crippen LogP contribution in [0.4, 0.5) is 0 Å². The first-order chi connectivity index (χ1) is 8.80. The molecule has 0 unspecified atom stereocenters. The Kier molecular flexibility index (Phi) is 5.48. The van der Waals surface area contributed by atoms with E-state index in [1.54, 1.807) is 0 Å². The maximum absolute atomic E-state index is 12.4. The van der Waals surface area contributed by atoms with E-state index in [1.807, 2.05) is 56.0 Å². The lowest BCUT2D eigenvalue weighted by Gasteiger charge is -2.36. The molecule has 0 saturated heterocycles. The van der Waals surface area contributed by atoms with Crippen LogP contribution in [0.5, 0.6) is 0 Å². The van der Waals surface area contributed by atoms with E-state index >= 15 is 0 Å². The van der Waals surface area contributed by atoms with Crippen LogP contribution in [-0.2, 0) is 11.2 Å². The fraction of sp³-hybridized carbons (Fsp3) is 0.467. The SMILES string of the molecule is CC(C)(C)N(CCC(N)=S)C(=O)Cc1ccccc1. The molecule has 1 aromatic carbocycles. The normalized spacial score (nSPS) is 11.1. The predicted octanol–water partition coefficient (Wildman–Crippen LogP) is 2.53. The number of thiocarbonyl (C=S) groups is 1. The molecule has 4 heteroatoms. The van der Waals surface area contributed by atoms with Crippen LogP contribution in [0.15, 0.2) is 30.3 Å². The summed E-state index contributed by atoms with van der Waals surface area (Å²) in [5, 5.41) is 0. The fourth-order valence-electron chi connectivity index (χ4n) is 1.92. The number of benzene rings is 1. The quantitative estimate of drug-likeness (QED) is 0.842. The molecule has 0 aromatic heterocycles. The van der Waals surface area contributed by atoms with Crippen LogP contribution < -0.4 is 5.73 Å². The van der Waals surface area contributed by atoms with Gasteiger partial charge < -0.3 is 10.6 Å². The zero-order valence-corrected chi connectivity index (χ0v) is 12.7. The Morgan fingerprint density at radius 1 is 1.26 bits per heavy atom. The molecule has 1 aromatic rings. The van der Waals surface area contributed by atoms with Gasteiger partial charge in [0.25, 0.3) is 0 Å². The van der Waals surface area contributed by atoms with Gasteiger partial charge in [-0.2, -0.15) is 0 Å². The maximum atomic E-state index is 12.4. The molecule has 2 N–H and O–H groups in total. The molecule has 0 aliphatic rings. The minimum atomic E-state index is -0.226. The summed E-state index contributed by atoms with van der Waals surface area (Å²) in [5.41, 5.74) is 6.33. The maximum Gasteiger partial charge on any atom is 0.227 e. The number of carbonyl (C=O) groups excluding carboxylic acids is 1. The van der Waals surface area contributed by atoms with Gasteiger partial charge in [0, 0.05) is 18.5 Å². The van der Waals surface area contributed by atoms with Crippen LogP contribution in [0.1, 0.15) is 32.8 Å². The molecule has 0 fully saturated rings. The van der Waals surface area contributed by atoms with Crippen molar-refractivity contribution in [1.29, 1.82) is 0 Å². The standard InChI is InChI=1S/C15H22N2OS/c1-15(2,3)17(10-9-13(16)19)14(18)11-12-7-5-4-6-8-12/h4-8H,9-11H2,1-3H3,(H2,16,19). The third-order valence-electron chi connectivity index (χ3n) is 2.89. The number of hydrogen-bond donors (Lipinski definition) is 1. The first kappa shape index (κ1) is 15.6. The second kappa shape index (κ2) is 6.66. The fourth-order valence-corrected chi connectivity index (χ4v) is 2.01. The molecule has 0 radical (unpaired) electrons. The van der Waals surface area contributed by atoms with E-state index in [2.05, 4.69) is 0 Å². The highest BCUT2D eigenvalue weighted by molar-refractivity contribution is 7.80. The Hall–Kier alpha value is -1.42. The number of amides is 1. The van der Waals surface area contributed by atoms with Crippen molar-refractivity contribution in [3.8, 4) is 0 Å². The van der Waals surface area contributed by atoms with Crippen molar-refractivity contribution in [2.24, 2.45) is 5.73 Å². The molecule has 0 atom stereocenters. The molecule has 0 aliphatic heterocycles. The van der Waals surface area contributed by atoms with Crippen molar-refractivity contribution in [1.82, 2.24) is 4.90 Å². The molecule has 0 heterocycles. The molecule has 0 spiro atoms. The zero-order chi connectivity index (χ0) is 14.5. The summed E-state index contributed by atoms with van der Waals surface area (Å²) >= 11 is 4.89. The van der Waals surface area contributed by atoms with E-state index in [0.29, 0.717) is 24.4 Å². The number of hydrogen-bond acceptors (Lipinski definition) is 2. The van der Waals surface area contributed by atoms with Crippen molar-refractivity contribution < 1.29 is 4.79 Å². The highest BCUT2D eigenvalue weighted by Crippen LogP contribution is 2.16. The van der Waals surface area contributed by atoms with E-state index in [4.69, 9.17) is 18.0 Å². The van der Waals surface area contributed by atoms with Gasteiger partial charge in [-0.15, -0.1) is 0 Å². The molecular weight excluding hydrogens is 256 g/mol. The number of nitrogens with zero attached hydrogens (tertiary/aromatic N) is 1. The van der Waals surface area contributed by atoms with Crippen LogP contribution in [0.2, 0.25) is 0 Å². The average Bonchev–Trinajstić information content (AvgIpc) is 2.28. The lowest BCUT2D eigenvalue weighted by molar-refractivity contribution is -0.135. The third-order valence-corrected chi connectivity index (χ3v) is 3.09. The van der Waals surface area contributed by atoms with E-state index in [0.717, 1.165) is 5.56 Å². The molecule has 104 valence electrons. The Balaban J connectivity index is 2.74. The Bertz CT molecular complexity index is 437. The van der Waals surface area contributed by atoms with Gasteiger partial charge in [-0.25, -0.2) is 0 Å². The van der Waals surface area contributed by atoms with Gasteiger partial charge in [-0.3, -0.25) is 4.79 Å². The number of nitrogens with two attached hydrogens (primary N) is 1. The van der Waals surface area contributed by atoms with Crippen molar-refractivity contribution in [2.45, 2.75) is 39.2 Å². The highest BCUT2D eigenvalue weighted by atomic mass is 32.1. The summed E-state index contributed by atoms with van der Waals surface area (Å²) < 4.78 is 0. The van der Waals surface area contributed by atoms with E-state index < -0.39 is 0 Å². The first-order valence-electron chi connectivity index (χ1n) is 6.43. The van der Waals surface area contributed by atoms with E-state index in [9.17, 15) is 4.79 Å². The van der Waals surface area contributed by atoms with E-state index in [1.165, 1.54) is 0 Å². The number of carbonyl (C=O) groups is 1. The van der Waals surface area contributed by atoms with Crippen molar-refractivity contribution in [3.05, 3.63) is 35.9 Å². The predicted molar refractivity (Wildman–Crippen MR) is 83.0 cm³/mol. The van der Waals surface area contributed by atoms with Gasteiger partial charge in [0.05, 0.1) is 11.4 Å². The lowest BCUT2D eigenvalue weighted by Crippen LogP contribution is -2.47. The monoisotopic (exact) mass is 278 g/mol. The molecule has 0 aliphatic carbocycles. The Morgan fingerprint density at radius 3 is 2.32 bits per heavy atom. The molecule has 0 saturated carbocycles. The molecule has 19 heavy (non-hydrogen) atoms. The van der Waals surface area contributed by atoms with Gasteiger partial charge in [0.15, 0.2) is 0 Å². The molecule has 3 nitrogen and oxygen atoms in total. The van der Waals surface area contributed by atoms with Crippen LogP contribution in [0.3, 0.4) is 0 Å². The molecule has 0 bridgehead atoms. The van der Waals surface area contributed by atoms with Gasteiger partial charge in [0.1, 0.15) is 0 Å². The van der Waals surface area contributed by atoms with Gasteiger partial charge >= 0.3 is 0 Å². The lowest BCUT2D eigenvalue weighted by atomic mass is 10.0. The summed E-state index contributed by atoms with van der Waals surface area (Å²) in [4.78, 5) is 14.7. The molecule has 1 amide bonds. The summed E-state index contributed by atoms with van der Waals surface area (Å²) in [6.45, 7) is 6.64. The Morgan fingerprint density at radius 2 is 1.84 bits per heavy atom. The minimum Gasteiger partial charge on any atom is -0.393 e. The van der Waals surface area contributed by atoms with Crippen molar-refractivity contribution in [2.75, 3.05) is 6.54 Å². The minimum absolute atomic E-state index is 0.106. The summed E-state index contributed by atoms with van der Waals surface area (Å²) in [6, 6.07) is 9.76. The van der Waals surface area contributed by atoms with Crippen molar-refractivity contribution >= 4 is 23.1 Å². The first-order valence-corrected chi connectivity index (χ1v) is 6.84. The zero-order valence-electron chi connectivity index (χ0n) is 11.8. The largest absolute Gasteiger partial charge is 0.393 e. The van der Waals surface area contributed by atoms with E-state index in [-0.39, 0.29) is 11.4 Å². The van der Waals surface area contributed by atoms with Crippen molar-refractivity contribution in [3.63, 3.8) is 0 Å². The second-order valence-electron chi connectivity index (χ2n) is 5.59. The summed E-state index contributed by atoms with van der Waals surface area (Å²) in [7, 11) is 0. The van der Waals surface area contributed by atoms with Gasteiger partial charge in [-0.1, -0.05) is 42.5 Å². The smallest absolute Gasteiger partial charge is 0.227 e. The number of rotatable bonds is 5. The second-order valence-corrected chi connectivity index (χ2v) is 6.12. The van der Waals surface area contributed by atoms with Gasteiger partial charge in [0.2, 0.25) is 5.91 Å². The topological polar surface area (TPSA) is 46.3 Å².